The Hall–Kier alpha value is -2.33. The number of anilines is 1. The molecule has 26 heavy (non-hydrogen) atoms. The van der Waals surface area contributed by atoms with Crippen molar-refractivity contribution in [3.05, 3.63) is 24.3 Å². The summed E-state index contributed by atoms with van der Waals surface area (Å²) in [5, 5.41) is 2.45. The van der Waals surface area contributed by atoms with Crippen LogP contribution < -0.4 is 10.0 Å². The maximum absolute atomic E-state index is 12.4. The molecule has 2 rings (SSSR count). The number of benzene rings is 1. The highest BCUT2D eigenvalue weighted by Gasteiger charge is 2.24. The molecule has 0 bridgehead atoms. The van der Waals surface area contributed by atoms with Crippen molar-refractivity contribution in [1.82, 2.24) is 9.62 Å². The molecule has 1 aromatic rings. The second kappa shape index (κ2) is 8.86. The van der Waals surface area contributed by atoms with Crippen molar-refractivity contribution in [2.24, 2.45) is 5.92 Å². The van der Waals surface area contributed by atoms with Gasteiger partial charge in [0.25, 0.3) is 0 Å². The zero-order valence-corrected chi connectivity index (χ0v) is 15.5. The molecule has 144 valence electrons. The van der Waals surface area contributed by atoms with Crippen LogP contribution in [-0.4, -0.2) is 59.4 Å². The van der Waals surface area contributed by atoms with Gasteiger partial charge in [0.2, 0.25) is 10.0 Å². The van der Waals surface area contributed by atoms with Crippen LogP contribution in [0, 0.1) is 5.92 Å². The Morgan fingerprint density at radius 2 is 1.73 bits per heavy atom. The van der Waals surface area contributed by atoms with Crippen LogP contribution in [0.1, 0.15) is 12.8 Å². The van der Waals surface area contributed by atoms with Crippen LogP contribution in [0.15, 0.2) is 29.2 Å². The summed E-state index contributed by atoms with van der Waals surface area (Å²) in [7, 11) is -1.06. The lowest BCUT2D eigenvalue weighted by Gasteiger charge is -2.30. The van der Waals surface area contributed by atoms with Crippen molar-refractivity contribution in [2.75, 3.05) is 39.2 Å². The Balaban J connectivity index is 1.87. The van der Waals surface area contributed by atoms with Gasteiger partial charge in [-0.05, 0) is 43.0 Å². The van der Waals surface area contributed by atoms with Crippen molar-refractivity contribution in [1.29, 1.82) is 0 Å². The zero-order valence-electron chi connectivity index (χ0n) is 14.7. The molecule has 2 amide bonds. The summed E-state index contributed by atoms with van der Waals surface area (Å²) >= 11 is 0. The molecule has 0 aliphatic carbocycles. The molecule has 1 fully saturated rings. The largest absolute Gasteiger partial charge is 0.453 e. The van der Waals surface area contributed by atoms with E-state index < -0.39 is 16.1 Å². The Bertz CT molecular complexity index is 727. The molecule has 1 saturated heterocycles. The number of carbonyl (C=O) groups excluding carboxylic acids is 2. The van der Waals surface area contributed by atoms with Crippen LogP contribution in [0.25, 0.3) is 0 Å². The molecule has 0 unspecified atom stereocenters. The van der Waals surface area contributed by atoms with Gasteiger partial charge in [-0.2, -0.15) is 0 Å². The van der Waals surface area contributed by atoms with Gasteiger partial charge in [0.15, 0.2) is 0 Å². The Morgan fingerprint density at radius 1 is 1.12 bits per heavy atom. The number of nitrogens with one attached hydrogen (secondary N) is 2. The molecule has 10 heteroatoms. The molecule has 1 aromatic carbocycles. The van der Waals surface area contributed by atoms with Crippen molar-refractivity contribution in [3.8, 4) is 0 Å². The number of ether oxygens (including phenoxy) is 2. The highest BCUT2D eigenvalue weighted by Crippen LogP contribution is 2.19. The zero-order chi connectivity index (χ0) is 19.2. The number of carbonyl (C=O) groups is 2. The predicted octanol–water partition coefficient (Wildman–Crippen LogP) is 1.62. The van der Waals surface area contributed by atoms with Crippen molar-refractivity contribution in [2.45, 2.75) is 17.7 Å². The average Bonchev–Trinajstić information content (AvgIpc) is 2.66. The van der Waals surface area contributed by atoms with Gasteiger partial charge in [0.05, 0.1) is 19.1 Å². The first-order valence-electron chi connectivity index (χ1n) is 8.13. The van der Waals surface area contributed by atoms with Crippen LogP contribution >= 0.6 is 0 Å². The quantitative estimate of drug-likeness (QED) is 0.796. The number of likely N-dealkylation sites (tertiary alicyclic amines) is 1. The monoisotopic (exact) mass is 385 g/mol. The summed E-state index contributed by atoms with van der Waals surface area (Å²) in [6.45, 7) is 1.40. The first kappa shape index (κ1) is 20.0. The van der Waals surface area contributed by atoms with E-state index in [4.69, 9.17) is 0 Å². The van der Waals surface area contributed by atoms with Gasteiger partial charge in [0, 0.05) is 25.3 Å². The van der Waals surface area contributed by atoms with Crippen molar-refractivity contribution < 1.29 is 27.5 Å². The summed E-state index contributed by atoms with van der Waals surface area (Å²) in [6, 6.07) is 5.79. The molecule has 0 saturated carbocycles. The molecule has 2 N–H and O–H groups in total. The van der Waals surface area contributed by atoms with Crippen molar-refractivity contribution >= 4 is 27.9 Å². The lowest BCUT2D eigenvalue weighted by Crippen LogP contribution is -2.41. The van der Waals surface area contributed by atoms with E-state index >= 15 is 0 Å². The fraction of sp³-hybridized carbons (Fsp3) is 0.500. The number of hydrogen-bond donors (Lipinski definition) is 2. The minimum absolute atomic E-state index is 0.111. The van der Waals surface area contributed by atoms with E-state index in [-0.39, 0.29) is 16.9 Å². The summed E-state index contributed by atoms with van der Waals surface area (Å²) in [5.41, 5.74) is 0.436. The smallest absolute Gasteiger partial charge is 0.411 e. The summed E-state index contributed by atoms with van der Waals surface area (Å²) in [5.74, 6) is 0.158. The van der Waals surface area contributed by atoms with Gasteiger partial charge < -0.3 is 14.4 Å². The first-order valence-corrected chi connectivity index (χ1v) is 9.61. The van der Waals surface area contributed by atoms with E-state index in [0.29, 0.717) is 38.2 Å². The number of hydrogen-bond acceptors (Lipinski definition) is 6. The fourth-order valence-electron chi connectivity index (χ4n) is 2.65. The molecule has 1 aliphatic rings. The average molecular weight is 385 g/mol. The number of piperidine rings is 1. The van der Waals surface area contributed by atoms with Gasteiger partial charge in [-0.15, -0.1) is 0 Å². The van der Waals surface area contributed by atoms with Gasteiger partial charge in [0.1, 0.15) is 0 Å². The SMILES string of the molecule is COC(=O)Nc1ccc(S(=O)(=O)NCC2CCN(C(=O)OC)CC2)cc1. The number of methoxy groups -OCH3 is 2. The lowest BCUT2D eigenvalue weighted by molar-refractivity contribution is 0.106. The molecule has 9 nitrogen and oxygen atoms in total. The molecule has 1 heterocycles. The normalized spacial score (nSPS) is 15.4. The maximum Gasteiger partial charge on any atom is 0.411 e. The molecule has 0 aromatic heterocycles. The highest BCUT2D eigenvalue weighted by molar-refractivity contribution is 7.89. The van der Waals surface area contributed by atoms with Crippen molar-refractivity contribution in [3.63, 3.8) is 0 Å². The molecule has 1 aliphatic heterocycles. The Kier molecular flexibility index (Phi) is 6.81. The Labute approximate surface area is 152 Å². The standard InChI is InChI=1S/C16H23N3O6S/c1-24-15(20)18-13-3-5-14(6-4-13)26(22,23)17-11-12-7-9-19(10-8-12)16(21)25-2/h3-6,12,17H,7-11H2,1-2H3,(H,18,20). The highest BCUT2D eigenvalue weighted by atomic mass is 32.2. The number of nitrogens with zero attached hydrogens (tertiary/aromatic N) is 1. The van der Waals surface area contributed by atoms with E-state index in [1.807, 2.05) is 0 Å². The van der Waals surface area contributed by atoms with Crippen LogP contribution in [-0.2, 0) is 19.5 Å². The maximum atomic E-state index is 12.4. The Morgan fingerprint density at radius 3 is 2.27 bits per heavy atom. The van der Waals surface area contributed by atoms with E-state index in [9.17, 15) is 18.0 Å². The minimum atomic E-state index is -3.64. The van der Waals surface area contributed by atoms with E-state index in [1.54, 1.807) is 4.90 Å². The van der Waals surface area contributed by atoms with Gasteiger partial charge in [-0.1, -0.05) is 0 Å². The van der Waals surface area contributed by atoms with Gasteiger partial charge in [-0.3, -0.25) is 5.32 Å². The predicted molar refractivity (Wildman–Crippen MR) is 94.4 cm³/mol. The van der Waals surface area contributed by atoms with E-state index in [0.717, 1.165) is 0 Å². The second-order valence-corrected chi connectivity index (χ2v) is 7.66. The third kappa shape index (κ3) is 5.33. The van der Waals surface area contributed by atoms with Crippen LogP contribution in [0.4, 0.5) is 15.3 Å². The minimum Gasteiger partial charge on any atom is -0.453 e. The summed E-state index contributed by atoms with van der Waals surface area (Å²) < 4.78 is 36.5. The van der Waals surface area contributed by atoms with Gasteiger partial charge in [-0.25, -0.2) is 22.7 Å². The fourth-order valence-corrected chi connectivity index (χ4v) is 3.76. The van der Waals surface area contributed by atoms with Crippen LogP contribution in [0.3, 0.4) is 0 Å². The van der Waals surface area contributed by atoms with Crippen LogP contribution in [0.5, 0.6) is 0 Å². The third-order valence-electron chi connectivity index (χ3n) is 4.21. The topological polar surface area (TPSA) is 114 Å². The molecular weight excluding hydrogens is 362 g/mol. The number of rotatable bonds is 5. The van der Waals surface area contributed by atoms with Gasteiger partial charge >= 0.3 is 12.2 Å². The second-order valence-electron chi connectivity index (χ2n) is 5.89. The first-order chi connectivity index (χ1) is 12.4. The summed E-state index contributed by atoms with van der Waals surface area (Å²) in [4.78, 5) is 24.3. The number of amides is 2. The molecule has 0 atom stereocenters. The molecule has 0 spiro atoms. The summed E-state index contributed by atoms with van der Waals surface area (Å²) in [6.07, 6.45) is 0.431. The molecule has 0 radical (unpaired) electrons. The third-order valence-corrected chi connectivity index (χ3v) is 5.65. The number of sulfonamides is 1. The lowest BCUT2D eigenvalue weighted by atomic mass is 9.97. The van der Waals surface area contributed by atoms with E-state index in [2.05, 4.69) is 19.5 Å². The molecular formula is C16H23N3O6S. The van der Waals surface area contributed by atoms with E-state index in [1.165, 1.54) is 38.5 Å². The van der Waals surface area contributed by atoms with Crippen LogP contribution in [0.2, 0.25) is 0 Å².